The number of hydrogen-bond donors (Lipinski definition) is 1. The molecule has 0 aliphatic rings. The van der Waals surface area contributed by atoms with Crippen molar-refractivity contribution in [3.8, 4) is 0 Å². The molecule has 0 saturated carbocycles. The minimum Gasteiger partial charge on any atom is -0.477 e. The molecule has 0 unspecified atom stereocenters. The van der Waals surface area contributed by atoms with E-state index in [4.69, 9.17) is 9.84 Å². The lowest BCUT2D eigenvalue weighted by Crippen LogP contribution is -1.99. The third kappa shape index (κ3) is 3.62. The molecule has 2 aromatic rings. The van der Waals surface area contributed by atoms with Crippen LogP contribution in [0.2, 0.25) is 0 Å². The molecule has 102 valence electrons. The Kier molecular flexibility index (Phi) is 4.68. The van der Waals surface area contributed by atoms with Crippen molar-refractivity contribution in [3.05, 3.63) is 37.5 Å². The van der Waals surface area contributed by atoms with Crippen LogP contribution in [-0.2, 0) is 17.8 Å². The first-order valence-electron chi connectivity index (χ1n) is 5.87. The molecule has 6 heteroatoms. The standard InChI is InChI=1S/C13H15NO3S2/c1-8-11(18-7-14-8)3-4-17-6-10-5-12(13(15)16)19-9(10)2/h5,7H,3-4,6H2,1-2H3,(H,15,16). The molecule has 0 bridgehead atoms. The number of hydrogen-bond acceptors (Lipinski definition) is 5. The average molecular weight is 297 g/mol. The van der Waals surface area contributed by atoms with Crippen LogP contribution in [0.25, 0.3) is 0 Å². The van der Waals surface area contributed by atoms with E-state index in [2.05, 4.69) is 4.98 Å². The molecular weight excluding hydrogens is 282 g/mol. The number of nitrogens with zero attached hydrogens (tertiary/aromatic N) is 1. The molecule has 0 fully saturated rings. The monoisotopic (exact) mass is 297 g/mol. The molecule has 0 amide bonds. The Morgan fingerprint density at radius 1 is 1.47 bits per heavy atom. The van der Waals surface area contributed by atoms with Gasteiger partial charge >= 0.3 is 5.97 Å². The van der Waals surface area contributed by atoms with E-state index in [-0.39, 0.29) is 0 Å². The molecule has 1 N–H and O–H groups in total. The maximum Gasteiger partial charge on any atom is 0.345 e. The predicted molar refractivity (Wildman–Crippen MR) is 76.2 cm³/mol. The second-order valence-corrected chi connectivity index (χ2v) is 6.36. The summed E-state index contributed by atoms with van der Waals surface area (Å²) in [6, 6.07) is 1.69. The topological polar surface area (TPSA) is 59.4 Å². The van der Waals surface area contributed by atoms with E-state index in [0.29, 0.717) is 18.1 Å². The number of ether oxygens (including phenoxy) is 1. The number of carboxylic acids is 1. The normalized spacial score (nSPS) is 10.8. The highest BCUT2D eigenvalue weighted by molar-refractivity contribution is 7.14. The summed E-state index contributed by atoms with van der Waals surface area (Å²) in [5, 5.41) is 8.91. The van der Waals surface area contributed by atoms with Crippen molar-refractivity contribution in [1.29, 1.82) is 0 Å². The van der Waals surface area contributed by atoms with Crippen molar-refractivity contribution < 1.29 is 14.6 Å². The first-order valence-corrected chi connectivity index (χ1v) is 7.57. The second-order valence-electron chi connectivity index (χ2n) is 4.16. The highest BCUT2D eigenvalue weighted by Crippen LogP contribution is 2.22. The highest BCUT2D eigenvalue weighted by Gasteiger charge is 2.11. The number of aromatic carboxylic acids is 1. The van der Waals surface area contributed by atoms with Gasteiger partial charge in [0.05, 0.1) is 24.4 Å². The number of aromatic nitrogens is 1. The summed E-state index contributed by atoms with van der Waals surface area (Å²) >= 11 is 2.93. The molecule has 2 aromatic heterocycles. The van der Waals surface area contributed by atoms with Gasteiger partial charge < -0.3 is 9.84 Å². The minimum absolute atomic E-state index is 0.370. The van der Waals surface area contributed by atoms with Crippen LogP contribution in [0.1, 0.15) is 30.7 Å². The SMILES string of the molecule is Cc1ncsc1CCOCc1cc(C(=O)O)sc1C. The molecule has 4 nitrogen and oxygen atoms in total. The summed E-state index contributed by atoms with van der Waals surface area (Å²) in [5.74, 6) is -0.875. The summed E-state index contributed by atoms with van der Waals surface area (Å²) in [4.78, 5) is 17.7. The smallest absolute Gasteiger partial charge is 0.345 e. The highest BCUT2D eigenvalue weighted by atomic mass is 32.1. The van der Waals surface area contributed by atoms with E-state index < -0.39 is 5.97 Å². The van der Waals surface area contributed by atoms with Crippen LogP contribution in [0.3, 0.4) is 0 Å². The van der Waals surface area contributed by atoms with Gasteiger partial charge in [0, 0.05) is 16.2 Å². The van der Waals surface area contributed by atoms with E-state index in [1.165, 1.54) is 16.2 Å². The van der Waals surface area contributed by atoms with E-state index in [1.807, 2.05) is 19.4 Å². The van der Waals surface area contributed by atoms with Crippen LogP contribution in [0, 0.1) is 13.8 Å². The molecular formula is C13H15NO3S2. The van der Waals surface area contributed by atoms with Gasteiger partial charge in [-0.15, -0.1) is 22.7 Å². The van der Waals surface area contributed by atoms with Gasteiger partial charge in [0.25, 0.3) is 0 Å². The van der Waals surface area contributed by atoms with E-state index in [9.17, 15) is 4.79 Å². The van der Waals surface area contributed by atoms with Crippen molar-refractivity contribution >= 4 is 28.6 Å². The number of rotatable bonds is 6. The number of carboxylic acid groups (broad SMARTS) is 1. The first kappa shape index (κ1) is 14.2. The zero-order valence-electron chi connectivity index (χ0n) is 10.8. The Bertz CT molecular complexity index is 574. The number of thiazole rings is 1. The molecule has 19 heavy (non-hydrogen) atoms. The van der Waals surface area contributed by atoms with Crippen molar-refractivity contribution in [1.82, 2.24) is 4.98 Å². The quantitative estimate of drug-likeness (QED) is 0.831. The second kappa shape index (κ2) is 6.27. The lowest BCUT2D eigenvalue weighted by molar-refractivity contribution is 0.0702. The van der Waals surface area contributed by atoms with Crippen LogP contribution >= 0.6 is 22.7 Å². The van der Waals surface area contributed by atoms with E-state index in [0.717, 1.165) is 22.6 Å². The Morgan fingerprint density at radius 2 is 2.26 bits per heavy atom. The van der Waals surface area contributed by atoms with Gasteiger partial charge in [-0.3, -0.25) is 0 Å². The minimum atomic E-state index is -0.875. The lowest BCUT2D eigenvalue weighted by atomic mass is 10.2. The molecule has 2 heterocycles. The van der Waals surface area contributed by atoms with Crippen molar-refractivity contribution in [2.75, 3.05) is 6.61 Å². The van der Waals surface area contributed by atoms with Crippen LogP contribution in [0.15, 0.2) is 11.6 Å². The van der Waals surface area contributed by atoms with Gasteiger partial charge in [0.2, 0.25) is 0 Å². The Hall–Kier alpha value is -1.24. The van der Waals surface area contributed by atoms with Crippen LogP contribution < -0.4 is 0 Å². The number of thiophene rings is 1. The summed E-state index contributed by atoms with van der Waals surface area (Å²) in [6.07, 6.45) is 0.853. The fourth-order valence-corrected chi connectivity index (χ4v) is 3.31. The summed E-state index contributed by atoms with van der Waals surface area (Å²) in [5.41, 5.74) is 3.87. The van der Waals surface area contributed by atoms with Crippen LogP contribution in [0.5, 0.6) is 0 Å². The zero-order valence-corrected chi connectivity index (χ0v) is 12.4. The average Bonchev–Trinajstić information content (AvgIpc) is 2.92. The molecule has 2 rings (SSSR count). The van der Waals surface area contributed by atoms with E-state index >= 15 is 0 Å². The van der Waals surface area contributed by atoms with Crippen LogP contribution in [0.4, 0.5) is 0 Å². The molecule has 0 spiro atoms. The maximum absolute atomic E-state index is 10.9. The molecule has 0 radical (unpaired) electrons. The largest absolute Gasteiger partial charge is 0.477 e. The van der Waals surface area contributed by atoms with Gasteiger partial charge in [-0.25, -0.2) is 9.78 Å². The fourth-order valence-electron chi connectivity index (χ4n) is 1.68. The van der Waals surface area contributed by atoms with Crippen molar-refractivity contribution in [2.45, 2.75) is 26.9 Å². The van der Waals surface area contributed by atoms with Gasteiger partial charge in [-0.2, -0.15) is 0 Å². The zero-order chi connectivity index (χ0) is 13.8. The van der Waals surface area contributed by atoms with E-state index in [1.54, 1.807) is 17.4 Å². The third-order valence-electron chi connectivity index (χ3n) is 2.81. The third-order valence-corrected chi connectivity index (χ3v) is 4.88. The first-order chi connectivity index (χ1) is 9.08. The summed E-state index contributed by atoms with van der Waals surface area (Å²) in [6.45, 7) is 5.01. The van der Waals surface area contributed by atoms with Crippen molar-refractivity contribution in [3.63, 3.8) is 0 Å². The van der Waals surface area contributed by atoms with Gasteiger partial charge in [0.15, 0.2) is 0 Å². The molecule has 0 saturated heterocycles. The van der Waals surface area contributed by atoms with Crippen molar-refractivity contribution in [2.24, 2.45) is 0 Å². The lowest BCUT2D eigenvalue weighted by Gasteiger charge is -2.03. The van der Waals surface area contributed by atoms with Gasteiger partial charge in [-0.1, -0.05) is 0 Å². The fraction of sp³-hybridized carbons (Fsp3) is 0.385. The molecule has 0 aliphatic heterocycles. The predicted octanol–water partition coefficient (Wildman–Crippen LogP) is 3.28. The Morgan fingerprint density at radius 3 is 2.84 bits per heavy atom. The molecule has 0 aromatic carbocycles. The Labute approximate surface area is 119 Å². The number of aryl methyl sites for hydroxylation is 2. The summed E-state index contributed by atoms with van der Waals surface area (Å²) < 4.78 is 5.61. The maximum atomic E-state index is 10.9. The van der Waals surface area contributed by atoms with Gasteiger partial charge in [-0.05, 0) is 25.5 Å². The summed E-state index contributed by atoms with van der Waals surface area (Å²) in [7, 11) is 0. The number of carbonyl (C=O) groups is 1. The van der Waals surface area contributed by atoms with Crippen LogP contribution in [-0.4, -0.2) is 22.7 Å². The van der Waals surface area contributed by atoms with Gasteiger partial charge in [0.1, 0.15) is 4.88 Å². The Balaban J connectivity index is 1.83. The molecule has 0 aliphatic carbocycles. The molecule has 0 atom stereocenters.